The molecule has 0 radical (unpaired) electrons. The van der Waals surface area contributed by atoms with E-state index in [0.717, 1.165) is 23.4 Å². The summed E-state index contributed by atoms with van der Waals surface area (Å²) in [5.41, 5.74) is 0.568. The average Bonchev–Trinajstić information content (AvgIpc) is 2.61. The first kappa shape index (κ1) is 20.0. The molecular weight excluding hydrogens is 384 g/mol. The van der Waals surface area contributed by atoms with Gasteiger partial charge in [-0.25, -0.2) is 0 Å². The Morgan fingerprint density at radius 3 is 2.72 bits per heavy atom. The van der Waals surface area contributed by atoms with Gasteiger partial charge in [-0.2, -0.15) is 0 Å². The molecule has 1 aliphatic rings. The summed E-state index contributed by atoms with van der Waals surface area (Å²) in [6.07, 6.45) is 3.54. The van der Waals surface area contributed by atoms with Crippen molar-refractivity contribution in [1.29, 1.82) is 0 Å². The van der Waals surface area contributed by atoms with Gasteiger partial charge in [-0.15, -0.1) is 0 Å². The summed E-state index contributed by atoms with van der Waals surface area (Å²) in [6, 6.07) is 3.49. The van der Waals surface area contributed by atoms with Crippen molar-refractivity contribution >= 4 is 21.8 Å². The SMILES string of the molecule is CCOc1c(Br)cc(C(=O)NCCCN2CCC(C)CC2)cc1OC. The third kappa shape index (κ3) is 5.89. The van der Waals surface area contributed by atoms with E-state index in [1.165, 1.54) is 25.9 Å². The van der Waals surface area contributed by atoms with Gasteiger partial charge in [0.2, 0.25) is 0 Å². The van der Waals surface area contributed by atoms with E-state index in [4.69, 9.17) is 9.47 Å². The summed E-state index contributed by atoms with van der Waals surface area (Å²) in [6.45, 7) is 8.85. The van der Waals surface area contributed by atoms with Crippen LogP contribution in [-0.2, 0) is 0 Å². The lowest BCUT2D eigenvalue weighted by Crippen LogP contribution is -2.35. The maximum absolute atomic E-state index is 12.4. The van der Waals surface area contributed by atoms with Crippen LogP contribution in [-0.4, -0.2) is 50.7 Å². The molecule has 6 heteroatoms. The van der Waals surface area contributed by atoms with E-state index >= 15 is 0 Å². The van der Waals surface area contributed by atoms with Crippen LogP contribution in [0.2, 0.25) is 0 Å². The normalized spacial score (nSPS) is 15.8. The Labute approximate surface area is 159 Å². The summed E-state index contributed by atoms with van der Waals surface area (Å²) >= 11 is 3.46. The molecule has 0 spiro atoms. The van der Waals surface area contributed by atoms with Crippen molar-refractivity contribution in [2.75, 3.05) is 39.9 Å². The number of likely N-dealkylation sites (tertiary alicyclic amines) is 1. The second kappa shape index (κ2) is 10.0. The van der Waals surface area contributed by atoms with Gasteiger partial charge < -0.3 is 19.7 Å². The number of amides is 1. The van der Waals surface area contributed by atoms with Crippen LogP contribution < -0.4 is 14.8 Å². The van der Waals surface area contributed by atoms with E-state index in [-0.39, 0.29) is 5.91 Å². The van der Waals surface area contributed by atoms with Gasteiger partial charge in [-0.3, -0.25) is 4.79 Å². The van der Waals surface area contributed by atoms with E-state index in [1.807, 2.05) is 6.92 Å². The second-order valence-electron chi connectivity index (χ2n) is 6.56. The topological polar surface area (TPSA) is 50.8 Å². The van der Waals surface area contributed by atoms with Gasteiger partial charge in [0.1, 0.15) is 0 Å². The molecule has 5 nitrogen and oxygen atoms in total. The third-order valence-corrected chi connectivity index (χ3v) is 5.18. The molecule has 1 amide bonds. The van der Waals surface area contributed by atoms with Crippen molar-refractivity contribution in [1.82, 2.24) is 10.2 Å². The molecule has 1 aliphatic heterocycles. The monoisotopic (exact) mass is 412 g/mol. The first-order chi connectivity index (χ1) is 12.0. The summed E-state index contributed by atoms with van der Waals surface area (Å²) in [5, 5.41) is 2.99. The largest absolute Gasteiger partial charge is 0.493 e. The molecule has 1 N–H and O–H groups in total. The van der Waals surface area contributed by atoms with Crippen molar-refractivity contribution in [2.24, 2.45) is 5.92 Å². The molecule has 1 saturated heterocycles. The average molecular weight is 413 g/mol. The van der Waals surface area contributed by atoms with E-state index < -0.39 is 0 Å². The molecule has 1 fully saturated rings. The molecule has 1 heterocycles. The molecule has 2 rings (SSSR count). The number of nitrogens with zero attached hydrogens (tertiary/aromatic N) is 1. The van der Waals surface area contributed by atoms with Gasteiger partial charge >= 0.3 is 0 Å². The van der Waals surface area contributed by atoms with Crippen LogP contribution in [0.4, 0.5) is 0 Å². The molecule has 0 atom stereocenters. The van der Waals surface area contributed by atoms with Gasteiger partial charge in [-0.05, 0) is 79.8 Å². The maximum atomic E-state index is 12.4. The van der Waals surface area contributed by atoms with E-state index in [9.17, 15) is 4.79 Å². The van der Waals surface area contributed by atoms with Crippen molar-refractivity contribution < 1.29 is 14.3 Å². The smallest absolute Gasteiger partial charge is 0.251 e. The van der Waals surface area contributed by atoms with Crippen LogP contribution in [0.1, 0.15) is 43.5 Å². The van der Waals surface area contributed by atoms with Crippen molar-refractivity contribution in [3.63, 3.8) is 0 Å². The minimum Gasteiger partial charge on any atom is -0.493 e. The Balaban J connectivity index is 1.83. The number of halogens is 1. The number of benzene rings is 1. The van der Waals surface area contributed by atoms with Gasteiger partial charge in [0, 0.05) is 12.1 Å². The summed E-state index contributed by atoms with van der Waals surface area (Å²) in [4.78, 5) is 14.9. The Morgan fingerprint density at radius 1 is 1.36 bits per heavy atom. The van der Waals surface area contributed by atoms with Crippen molar-refractivity contribution in [2.45, 2.75) is 33.1 Å². The zero-order chi connectivity index (χ0) is 18.2. The number of carbonyl (C=O) groups excluding carboxylic acids is 1. The first-order valence-electron chi connectivity index (χ1n) is 9.06. The van der Waals surface area contributed by atoms with Crippen LogP contribution in [0.15, 0.2) is 16.6 Å². The first-order valence-corrected chi connectivity index (χ1v) is 9.85. The lowest BCUT2D eigenvalue weighted by Gasteiger charge is -2.30. The molecule has 0 aromatic heterocycles. The third-order valence-electron chi connectivity index (χ3n) is 4.59. The minimum atomic E-state index is -0.0886. The number of piperidine rings is 1. The highest BCUT2D eigenvalue weighted by Crippen LogP contribution is 2.36. The summed E-state index contributed by atoms with van der Waals surface area (Å²) in [5.74, 6) is 1.95. The summed E-state index contributed by atoms with van der Waals surface area (Å²) in [7, 11) is 1.57. The highest BCUT2D eigenvalue weighted by molar-refractivity contribution is 9.10. The van der Waals surface area contributed by atoms with Gasteiger partial charge in [-0.1, -0.05) is 6.92 Å². The van der Waals surface area contributed by atoms with E-state index in [1.54, 1.807) is 19.2 Å². The number of hydrogen-bond donors (Lipinski definition) is 1. The predicted molar refractivity (Wildman–Crippen MR) is 104 cm³/mol. The van der Waals surface area contributed by atoms with Crippen LogP contribution in [0.3, 0.4) is 0 Å². The zero-order valence-electron chi connectivity index (χ0n) is 15.4. The van der Waals surface area contributed by atoms with E-state index in [2.05, 4.69) is 33.1 Å². The maximum Gasteiger partial charge on any atom is 0.251 e. The number of ether oxygens (including phenoxy) is 2. The zero-order valence-corrected chi connectivity index (χ0v) is 17.0. The van der Waals surface area contributed by atoms with Gasteiger partial charge in [0.15, 0.2) is 11.5 Å². The number of rotatable bonds is 8. The Morgan fingerprint density at radius 2 is 2.08 bits per heavy atom. The lowest BCUT2D eigenvalue weighted by molar-refractivity contribution is 0.0950. The molecule has 1 aromatic carbocycles. The van der Waals surface area contributed by atoms with Crippen LogP contribution in [0.25, 0.3) is 0 Å². The molecule has 0 bridgehead atoms. The molecule has 0 unspecified atom stereocenters. The standard InChI is InChI=1S/C19H29BrN2O3/c1-4-25-18-16(20)12-15(13-17(18)24-3)19(23)21-8-5-9-22-10-6-14(2)7-11-22/h12-14H,4-11H2,1-3H3,(H,21,23). The van der Waals surface area contributed by atoms with Gasteiger partial charge in [0.05, 0.1) is 18.2 Å². The Hall–Kier alpha value is -1.27. The number of carbonyl (C=O) groups is 1. The second-order valence-corrected chi connectivity index (χ2v) is 7.41. The fourth-order valence-corrected chi connectivity index (χ4v) is 3.58. The highest BCUT2D eigenvalue weighted by Gasteiger charge is 2.16. The van der Waals surface area contributed by atoms with Gasteiger partial charge in [0.25, 0.3) is 5.91 Å². The number of hydrogen-bond acceptors (Lipinski definition) is 4. The number of nitrogens with one attached hydrogen (secondary N) is 1. The van der Waals surface area contributed by atoms with Crippen molar-refractivity contribution in [3.05, 3.63) is 22.2 Å². The predicted octanol–water partition coefficient (Wildman–Crippen LogP) is 3.71. The fraction of sp³-hybridized carbons (Fsp3) is 0.632. The fourth-order valence-electron chi connectivity index (χ4n) is 3.03. The van der Waals surface area contributed by atoms with E-state index in [0.29, 0.717) is 30.2 Å². The van der Waals surface area contributed by atoms with Crippen LogP contribution in [0, 0.1) is 5.92 Å². The summed E-state index contributed by atoms with van der Waals surface area (Å²) < 4.78 is 11.6. The van der Waals surface area contributed by atoms with Crippen LogP contribution in [0.5, 0.6) is 11.5 Å². The molecule has 140 valence electrons. The quantitative estimate of drug-likeness (QED) is 0.661. The molecular formula is C19H29BrN2O3. The Bertz CT molecular complexity index is 572. The lowest BCUT2D eigenvalue weighted by atomic mass is 9.99. The van der Waals surface area contributed by atoms with Crippen LogP contribution >= 0.6 is 15.9 Å². The molecule has 0 saturated carbocycles. The number of methoxy groups -OCH3 is 1. The molecule has 1 aromatic rings. The molecule has 0 aliphatic carbocycles. The highest BCUT2D eigenvalue weighted by atomic mass is 79.9. The minimum absolute atomic E-state index is 0.0886. The Kier molecular flexibility index (Phi) is 8.03. The van der Waals surface area contributed by atoms with Crippen molar-refractivity contribution in [3.8, 4) is 11.5 Å². The molecule has 25 heavy (non-hydrogen) atoms.